The Bertz CT molecular complexity index is 1370. The van der Waals surface area contributed by atoms with Crippen molar-refractivity contribution in [1.29, 1.82) is 0 Å². The van der Waals surface area contributed by atoms with Gasteiger partial charge in [0.2, 0.25) is 0 Å². The van der Waals surface area contributed by atoms with Gasteiger partial charge >= 0.3 is 0 Å². The van der Waals surface area contributed by atoms with E-state index < -0.39 is 0 Å². The minimum atomic E-state index is -0.243. The van der Waals surface area contributed by atoms with Crippen molar-refractivity contribution in [3.8, 4) is 0 Å². The molecule has 1 aromatic heterocycles. The number of hydrogen-bond acceptors (Lipinski definition) is 3. The third-order valence-electron chi connectivity index (χ3n) is 5.19. The molecule has 0 saturated heterocycles. The van der Waals surface area contributed by atoms with Gasteiger partial charge in [-0.2, -0.15) is 0 Å². The predicted molar refractivity (Wildman–Crippen MR) is 123 cm³/mol. The van der Waals surface area contributed by atoms with E-state index in [0.717, 1.165) is 22.4 Å². The Balaban J connectivity index is 1.66. The molecule has 6 heteroatoms. The minimum absolute atomic E-state index is 0.182. The number of hydrogen-bond donors (Lipinski definition) is 2. The molecule has 0 radical (unpaired) electrons. The van der Waals surface area contributed by atoms with Crippen LogP contribution in [0.4, 0.5) is 5.69 Å². The van der Waals surface area contributed by atoms with Crippen LogP contribution in [0.25, 0.3) is 10.9 Å². The van der Waals surface area contributed by atoms with Crippen LogP contribution >= 0.6 is 12.2 Å². The number of carbonyl (C=O) groups is 1. The number of H-pyrrole nitrogens is 1. The van der Waals surface area contributed by atoms with Crippen molar-refractivity contribution in [2.75, 3.05) is 5.32 Å². The average molecular weight is 416 g/mol. The molecule has 150 valence electrons. The fraction of sp³-hybridized carbons (Fsp3) is 0.125. The van der Waals surface area contributed by atoms with Crippen LogP contribution in [-0.2, 0) is 6.54 Å². The third-order valence-corrected chi connectivity index (χ3v) is 5.51. The van der Waals surface area contributed by atoms with Crippen LogP contribution < -0.4 is 10.9 Å². The van der Waals surface area contributed by atoms with E-state index in [1.807, 2.05) is 62.4 Å². The lowest BCUT2D eigenvalue weighted by Crippen LogP contribution is -2.23. The molecule has 0 atom stereocenters. The third kappa shape index (κ3) is 3.95. The lowest BCUT2D eigenvalue weighted by molar-refractivity contribution is 0.102. The molecule has 0 bridgehead atoms. The summed E-state index contributed by atoms with van der Waals surface area (Å²) in [6.45, 7) is 4.42. The number of carbonyl (C=O) groups excluding carboxylic acids is 1. The Labute approximate surface area is 179 Å². The molecule has 1 heterocycles. The van der Waals surface area contributed by atoms with Crippen LogP contribution in [0.2, 0.25) is 0 Å². The molecular weight excluding hydrogens is 394 g/mol. The molecule has 0 unspecified atom stereocenters. The lowest BCUT2D eigenvalue weighted by Gasteiger charge is -2.10. The summed E-state index contributed by atoms with van der Waals surface area (Å²) in [6.07, 6.45) is 0. The fourth-order valence-corrected chi connectivity index (χ4v) is 3.59. The molecule has 2 N–H and O–H groups in total. The zero-order chi connectivity index (χ0) is 21.3. The number of rotatable bonds is 4. The van der Waals surface area contributed by atoms with Crippen molar-refractivity contribution >= 4 is 34.7 Å². The summed E-state index contributed by atoms with van der Waals surface area (Å²) in [6, 6.07) is 20.4. The smallest absolute Gasteiger partial charge is 0.262 e. The molecular formula is C24H21N3O2S. The molecule has 4 rings (SSSR count). The van der Waals surface area contributed by atoms with Crippen molar-refractivity contribution in [3.63, 3.8) is 0 Å². The molecule has 4 aromatic rings. The molecule has 0 saturated carbocycles. The Morgan fingerprint density at radius 1 is 1.00 bits per heavy atom. The number of aromatic nitrogens is 2. The monoisotopic (exact) mass is 415 g/mol. The fourth-order valence-electron chi connectivity index (χ4n) is 3.33. The molecule has 0 aliphatic carbocycles. The van der Waals surface area contributed by atoms with Crippen molar-refractivity contribution < 1.29 is 4.79 Å². The highest BCUT2D eigenvalue weighted by Crippen LogP contribution is 2.17. The van der Waals surface area contributed by atoms with Crippen molar-refractivity contribution in [2.24, 2.45) is 0 Å². The van der Waals surface area contributed by atoms with Gasteiger partial charge in [-0.25, -0.2) is 0 Å². The van der Waals surface area contributed by atoms with Crippen molar-refractivity contribution in [2.45, 2.75) is 20.4 Å². The zero-order valence-electron chi connectivity index (χ0n) is 16.7. The molecule has 0 spiro atoms. The van der Waals surface area contributed by atoms with Gasteiger partial charge in [0, 0.05) is 11.3 Å². The highest BCUT2D eigenvalue weighted by molar-refractivity contribution is 7.71. The maximum absolute atomic E-state index is 13.0. The zero-order valence-corrected chi connectivity index (χ0v) is 17.5. The van der Waals surface area contributed by atoms with Gasteiger partial charge in [0.25, 0.3) is 11.5 Å². The predicted octanol–water partition coefficient (Wildman–Crippen LogP) is 4.98. The topological polar surface area (TPSA) is 66.9 Å². The minimum Gasteiger partial charge on any atom is -0.332 e. The first-order valence-electron chi connectivity index (χ1n) is 9.62. The van der Waals surface area contributed by atoms with Crippen molar-refractivity contribution in [1.82, 2.24) is 9.55 Å². The first-order valence-corrected chi connectivity index (χ1v) is 10.0. The van der Waals surface area contributed by atoms with E-state index in [0.29, 0.717) is 27.8 Å². The standard InChI is InChI=1S/C24H21N3O2S/c1-15-8-10-19(12-16(15)2)25-22(28)18-9-11-20-21(13-18)26-24(30)27(23(20)29)14-17-6-4-3-5-7-17/h3-13H,14H2,1-2H3,(H,25,28)(H,26,30). The summed E-state index contributed by atoms with van der Waals surface area (Å²) in [5, 5.41) is 3.39. The van der Waals surface area contributed by atoms with Crippen LogP contribution in [0, 0.1) is 18.6 Å². The van der Waals surface area contributed by atoms with Crippen molar-refractivity contribution in [3.05, 3.63) is 104 Å². The number of aromatic amines is 1. The SMILES string of the molecule is Cc1ccc(NC(=O)c2ccc3c(=O)n(Cc4ccccc4)c(=S)[nH]c3c2)cc1C. The van der Waals surface area contributed by atoms with E-state index in [1.165, 1.54) is 4.57 Å². The van der Waals surface area contributed by atoms with E-state index in [-0.39, 0.29) is 11.5 Å². The number of aryl methyl sites for hydroxylation is 2. The average Bonchev–Trinajstić information content (AvgIpc) is 2.74. The van der Waals surface area contributed by atoms with E-state index in [2.05, 4.69) is 10.3 Å². The number of benzene rings is 3. The summed E-state index contributed by atoms with van der Waals surface area (Å²) >= 11 is 5.41. The maximum Gasteiger partial charge on any atom is 0.262 e. The second-order valence-corrected chi connectivity index (χ2v) is 7.71. The van der Waals surface area contributed by atoms with Crippen LogP contribution in [-0.4, -0.2) is 15.5 Å². The lowest BCUT2D eigenvalue weighted by atomic mass is 10.1. The highest BCUT2D eigenvalue weighted by atomic mass is 32.1. The summed E-state index contributed by atoms with van der Waals surface area (Å²) in [7, 11) is 0. The largest absolute Gasteiger partial charge is 0.332 e. The van der Waals surface area contributed by atoms with Gasteiger partial charge < -0.3 is 10.3 Å². The molecule has 30 heavy (non-hydrogen) atoms. The maximum atomic E-state index is 13.0. The van der Waals surface area contributed by atoms with Crippen LogP contribution in [0.1, 0.15) is 27.0 Å². The Kier molecular flexibility index (Phi) is 5.33. The van der Waals surface area contributed by atoms with E-state index in [9.17, 15) is 9.59 Å². The van der Waals surface area contributed by atoms with Gasteiger partial charge in [-0.3, -0.25) is 14.2 Å². The van der Waals surface area contributed by atoms with Crippen LogP contribution in [0.3, 0.4) is 0 Å². The van der Waals surface area contributed by atoms with Gasteiger partial charge in [-0.1, -0.05) is 36.4 Å². The van der Waals surface area contributed by atoms with Gasteiger partial charge in [0.1, 0.15) is 0 Å². The number of nitrogens with zero attached hydrogens (tertiary/aromatic N) is 1. The van der Waals surface area contributed by atoms with Crippen LogP contribution in [0.5, 0.6) is 0 Å². The number of anilines is 1. The summed E-state index contributed by atoms with van der Waals surface area (Å²) in [5.74, 6) is -0.243. The van der Waals surface area contributed by atoms with Gasteiger partial charge in [0.05, 0.1) is 17.4 Å². The highest BCUT2D eigenvalue weighted by Gasteiger charge is 2.11. The normalized spacial score (nSPS) is 10.9. The molecule has 5 nitrogen and oxygen atoms in total. The molecule has 0 aliphatic heterocycles. The first-order chi connectivity index (χ1) is 14.4. The number of amides is 1. The Morgan fingerprint density at radius 2 is 1.77 bits per heavy atom. The first kappa shape index (κ1) is 19.8. The molecule has 0 aliphatic rings. The molecule has 3 aromatic carbocycles. The van der Waals surface area contributed by atoms with Crippen LogP contribution in [0.15, 0.2) is 71.5 Å². The van der Waals surface area contributed by atoms with Gasteiger partial charge in [-0.15, -0.1) is 0 Å². The summed E-state index contributed by atoms with van der Waals surface area (Å²) in [4.78, 5) is 28.8. The summed E-state index contributed by atoms with van der Waals surface area (Å²) < 4.78 is 1.85. The summed E-state index contributed by atoms with van der Waals surface area (Å²) in [5.41, 5.74) is 4.80. The van der Waals surface area contributed by atoms with Gasteiger partial charge in [-0.05, 0) is 73.1 Å². The van der Waals surface area contributed by atoms with E-state index in [1.54, 1.807) is 18.2 Å². The molecule has 0 fully saturated rings. The van der Waals surface area contributed by atoms with E-state index >= 15 is 0 Å². The Morgan fingerprint density at radius 3 is 2.50 bits per heavy atom. The second kappa shape index (κ2) is 8.08. The van der Waals surface area contributed by atoms with Gasteiger partial charge in [0.15, 0.2) is 4.77 Å². The Hall–Kier alpha value is -3.51. The second-order valence-electron chi connectivity index (χ2n) is 7.32. The quantitative estimate of drug-likeness (QED) is 0.462. The number of nitrogens with one attached hydrogen (secondary N) is 2. The number of fused-ring (bicyclic) bond motifs is 1. The van der Waals surface area contributed by atoms with E-state index in [4.69, 9.17) is 12.2 Å². The molecule has 1 amide bonds.